The number of benzene rings is 1. The van der Waals surface area contributed by atoms with E-state index in [0.29, 0.717) is 17.4 Å². The second-order valence-corrected chi connectivity index (χ2v) is 6.15. The third-order valence-electron chi connectivity index (χ3n) is 4.96. The number of rotatable bonds is 5. The number of methoxy groups -OCH3 is 2. The fourth-order valence-electron chi connectivity index (χ4n) is 3.56. The van der Waals surface area contributed by atoms with Gasteiger partial charge >= 0.3 is 0 Å². The normalized spacial score (nSPS) is 19.5. The van der Waals surface area contributed by atoms with Crippen LogP contribution in [-0.4, -0.2) is 45.3 Å². The minimum Gasteiger partial charge on any atom is -0.493 e. The van der Waals surface area contributed by atoms with Crippen LogP contribution in [0.5, 0.6) is 11.5 Å². The molecule has 2 fully saturated rings. The van der Waals surface area contributed by atoms with E-state index in [9.17, 15) is 4.39 Å². The summed E-state index contributed by atoms with van der Waals surface area (Å²) in [5.41, 5.74) is 0.754. The maximum Gasteiger partial charge on any atom is 0.163 e. The van der Waals surface area contributed by atoms with E-state index < -0.39 is 0 Å². The lowest BCUT2D eigenvalue weighted by Crippen LogP contribution is -2.48. The molecule has 1 saturated heterocycles. The Kier molecular flexibility index (Phi) is 8.57. The number of nitrogens with one attached hydrogen (secondary N) is 1. The fraction of sp³-hybridized carbons (Fsp3) is 0.647. The van der Waals surface area contributed by atoms with Gasteiger partial charge in [-0.3, -0.25) is 4.90 Å². The Labute approximate surface area is 155 Å². The summed E-state index contributed by atoms with van der Waals surface area (Å²) in [6.07, 6.45) is 3.62. The standard InChI is InChI=1S/C17H25FN2O2.2ClH/c1-21-15-10-13(14(18)11-16(15)22-2)17(12-4-3-5-12)20-8-6-19-7-9-20;;/h10-12,17,19H,3-9H2,1-2H3;2*1H/t17-;;/m1../s1. The molecule has 1 heterocycles. The maximum absolute atomic E-state index is 14.7. The number of halogens is 3. The third-order valence-corrected chi connectivity index (χ3v) is 4.96. The van der Waals surface area contributed by atoms with Gasteiger partial charge in [0.05, 0.1) is 14.2 Å². The smallest absolute Gasteiger partial charge is 0.163 e. The highest BCUT2D eigenvalue weighted by Gasteiger charge is 2.35. The average molecular weight is 381 g/mol. The number of hydrogen-bond donors (Lipinski definition) is 1. The first-order valence-electron chi connectivity index (χ1n) is 8.10. The average Bonchev–Trinajstić information content (AvgIpc) is 2.51. The summed E-state index contributed by atoms with van der Waals surface area (Å²) < 4.78 is 25.3. The van der Waals surface area contributed by atoms with Gasteiger partial charge in [-0.25, -0.2) is 4.39 Å². The van der Waals surface area contributed by atoms with Gasteiger partial charge in [0.2, 0.25) is 0 Å². The van der Waals surface area contributed by atoms with Gasteiger partial charge in [-0.15, -0.1) is 24.8 Å². The molecular weight excluding hydrogens is 354 g/mol. The van der Waals surface area contributed by atoms with E-state index in [1.165, 1.54) is 32.4 Å². The Hall–Kier alpha value is -0.750. The minimum absolute atomic E-state index is 0. The van der Waals surface area contributed by atoms with Crippen LogP contribution < -0.4 is 14.8 Å². The van der Waals surface area contributed by atoms with Crippen LogP contribution in [0.3, 0.4) is 0 Å². The summed E-state index contributed by atoms with van der Waals surface area (Å²) in [6, 6.07) is 3.44. The Morgan fingerprint density at radius 2 is 1.67 bits per heavy atom. The molecule has 0 amide bonds. The van der Waals surface area contributed by atoms with Crippen molar-refractivity contribution >= 4 is 24.8 Å². The molecular formula is C17H27Cl2FN2O2. The summed E-state index contributed by atoms with van der Waals surface area (Å²) in [4.78, 5) is 2.42. The Morgan fingerprint density at radius 1 is 1.08 bits per heavy atom. The highest BCUT2D eigenvalue weighted by Crippen LogP contribution is 2.44. The second kappa shape index (κ2) is 9.66. The first-order valence-corrected chi connectivity index (χ1v) is 8.10. The van der Waals surface area contributed by atoms with E-state index in [1.54, 1.807) is 7.11 Å². The SMILES string of the molecule is COc1cc(F)c([C@@H](C2CCC2)N2CCNCC2)cc1OC.Cl.Cl. The highest BCUT2D eigenvalue weighted by atomic mass is 35.5. The largest absolute Gasteiger partial charge is 0.493 e. The summed E-state index contributed by atoms with van der Waals surface area (Å²) in [5, 5.41) is 3.37. The monoisotopic (exact) mass is 380 g/mol. The highest BCUT2D eigenvalue weighted by molar-refractivity contribution is 5.85. The molecule has 1 aromatic rings. The van der Waals surface area contributed by atoms with Crippen molar-refractivity contribution in [1.29, 1.82) is 0 Å². The molecule has 0 aromatic heterocycles. The van der Waals surface area contributed by atoms with Crippen LogP contribution in [0, 0.1) is 11.7 Å². The van der Waals surface area contributed by atoms with Gasteiger partial charge in [0.15, 0.2) is 11.5 Å². The molecule has 1 N–H and O–H groups in total. The van der Waals surface area contributed by atoms with E-state index in [1.807, 2.05) is 6.07 Å². The third kappa shape index (κ3) is 4.26. The van der Waals surface area contributed by atoms with Crippen LogP contribution in [0.1, 0.15) is 30.9 Å². The zero-order valence-electron chi connectivity index (χ0n) is 14.2. The molecule has 2 aliphatic rings. The molecule has 7 heteroatoms. The van der Waals surface area contributed by atoms with Crippen molar-refractivity contribution in [3.63, 3.8) is 0 Å². The van der Waals surface area contributed by atoms with Gasteiger partial charge in [0.25, 0.3) is 0 Å². The van der Waals surface area contributed by atoms with Gasteiger partial charge < -0.3 is 14.8 Å². The van der Waals surface area contributed by atoms with E-state index in [-0.39, 0.29) is 36.7 Å². The zero-order chi connectivity index (χ0) is 15.5. The molecule has 138 valence electrons. The molecule has 3 rings (SSSR count). The first-order chi connectivity index (χ1) is 10.7. The fourth-order valence-corrected chi connectivity index (χ4v) is 3.56. The molecule has 1 aliphatic carbocycles. The van der Waals surface area contributed by atoms with Crippen molar-refractivity contribution in [3.05, 3.63) is 23.5 Å². The summed E-state index contributed by atoms with van der Waals surface area (Å²) in [5.74, 6) is 1.42. The van der Waals surface area contributed by atoms with Crippen LogP contribution >= 0.6 is 24.8 Å². The van der Waals surface area contributed by atoms with Crippen molar-refractivity contribution in [1.82, 2.24) is 10.2 Å². The lowest BCUT2D eigenvalue weighted by atomic mass is 9.76. The topological polar surface area (TPSA) is 33.7 Å². The Bertz CT molecular complexity index is 524. The lowest BCUT2D eigenvalue weighted by molar-refractivity contribution is 0.0809. The Balaban J connectivity index is 0.00000144. The van der Waals surface area contributed by atoms with Gasteiger partial charge in [-0.05, 0) is 24.8 Å². The molecule has 0 spiro atoms. The molecule has 1 saturated carbocycles. The van der Waals surface area contributed by atoms with Gasteiger partial charge in [0, 0.05) is 43.9 Å². The zero-order valence-corrected chi connectivity index (χ0v) is 15.9. The number of ether oxygens (including phenoxy) is 2. The van der Waals surface area contributed by atoms with Crippen molar-refractivity contribution in [2.75, 3.05) is 40.4 Å². The van der Waals surface area contributed by atoms with Crippen molar-refractivity contribution < 1.29 is 13.9 Å². The van der Waals surface area contributed by atoms with E-state index in [2.05, 4.69) is 10.2 Å². The number of hydrogen-bond acceptors (Lipinski definition) is 4. The van der Waals surface area contributed by atoms with Crippen molar-refractivity contribution in [2.45, 2.75) is 25.3 Å². The maximum atomic E-state index is 14.7. The molecule has 1 aromatic carbocycles. The summed E-state index contributed by atoms with van der Waals surface area (Å²) in [6.45, 7) is 3.88. The van der Waals surface area contributed by atoms with Crippen LogP contribution in [-0.2, 0) is 0 Å². The minimum atomic E-state index is -0.187. The Morgan fingerprint density at radius 3 is 2.17 bits per heavy atom. The summed E-state index contributed by atoms with van der Waals surface area (Å²) >= 11 is 0. The predicted octanol–water partition coefficient (Wildman–Crippen LogP) is 3.43. The van der Waals surface area contributed by atoms with Crippen LogP contribution in [0.2, 0.25) is 0 Å². The van der Waals surface area contributed by atoms with Gasteiger partial charge in [-0.1, -0.05) is 6.42 Å². The lowest BCUT2D eigenvalue weighted by Gasteiger charge is -2.43. The number of nitrogens with zero attached hydrogens (tertiary/aromatic N) is 1. The van der Waals surface area contributed by atoms with E-state index in [0.717, 1.165) is 31.7 Å². The quantitative estimate of drug-likeness (QED) is 0.848. The van der Waals surface area contributed by atoms with Crippen LogP contribution in [0.15, 0.2) is 12.1 Å². The van der Waals surface area contributed by atoms with Crippen LogP contribution in [0.25, 0.3) is 0 Å². The predicted molar refractivity (Wildman–Crippen MR) is 98.5 cm³/mol. The first kappa shape index (κ1) is 21.3. The van der Waals surface area contributed by atoms with Crippen molar-refractivity contribution in [2.24, 2.45) is 5.92 Å². The molecule has 4 nitrogen and oxygen atoms in total. The summed E-state index contributed by atoms with van der Waals surface area (Å²) in [7, 11) is 3.14. The molecule has 0 radical (unpaired) electrons. The molecule has 1 aliphatic heterocycles. The molecule has 24 heavy (non-hydrogen) atoms. The van der Waals surface area contributed by atoms with Gasteiger partial charge in [0.1, 0.15) is 5.82 Å². The number of piperazine rings is 1. The van der Waals surface area contributed by atoms with E-state index >= 15 is 0 Å². The molecule has 0 unspecified atom stereocenters. The molecule has 1 atom stereocenters. The van der Waals surface area contributed by atoms with Crippen LogP contribution in [0.4, 0.5) is 4.39 Å². The van der Waals surface area contributed by atoms with Gasteiger partial charge in [-0.2, -0.15) is 0 Å². The van der Waals surface area contributed by atoms with Crippen molar-refractivity contribution in [3.8, 4) is 11.5 Å². The second-order valence-electron chi connectivity index (χ2n) is 6.15. The molecule has 0 bridgehead atoms. The van der Waals surface area contributed by atoms with E-state index in [4.69, 9.17) is 9.47 Å².